The molecule has 0 aliphatic heterocycles. The Bertz CT molecular complexity index is 876. The summed E-state index contributed by atoms with van der Waals surface area (Å²) in [5.74, 6) is -0.856. The molecule has 0 spiro atoms. The van der Waals surface area contributed by atoms with E-state index >= 15 is 0 Å². The highest BCUT2D eigenvalue weighted by atomic mass is 31.2. The summed E-state index contributed by atoms with van der Waals surface area (Å²) in [7, 11) is 1.16. The van der Waals surface area contributed by atoms with Gasteiger partial charge in [0.25, 0.3) is 7.82 Å². The third kappa shape index (κ3) is 36.5. The SMILES string of the molecule is CCCCCCCCCCC/C=C/CCCCC(=O)OC[C@H](COP(=O)([O-])OCC[N+](C)(C)C)OC(=O)CCCCCCCCCCCCC. The Kier molecular flexibility index (Phi) is 32.7. The lowest BCUT2D eigenvalue weighted by molar-refractivity contribution is -0.870. The number of nitrogens with zero attached hydrogens (tertiary/aromatic N) is 1. The van der Waals surface area contributed by atoms with Crippen molar-refractivity contribution in [2.24, 2.45) is 0 Å². The van der Waals surface area contributed by atoms with Gasteiger partial charge in [-0.15, -0.1) is 0 Å². The Morgan fingerprint density at radius 3 is 1.52 bits per heavy atom. The van der Waals surface area contributed by atoms with Crippen LogP contribution < -0.4 is 4.89 Å². The topological polar surface area (TPSA) is 111 Å². The second kappa shape index (κ2) is 33.6. The fraction of sp³-hybridized carbons (Fsp3) is 0.900. The van der Waals surface area contributed by atoms with Crippen LogP contribution in [-0.2, 0) is 32.7 Å². The molecule has 50 heavy (non-hydrogen) atoms. The molecule has 0 saturated heterocycles. The Morgan fingerprint density at radius 2 is 1.02 bits per heavy atom. The van der Waals surface area contributed by atoms with Crippen LogP contribution in [0.2, 0.25) is 0 Å². The number of phosphoric acid groups is 1. The molecule has 0 aromatic carbocycles. The number of unbranched alkanes of at least 4 members (excludes halogenated alkanes) is 21. The number of allylic oxidation sites excluding steroid dienone is 2. The van der Waals surface area contributed by atoms with Gasteiger partial charge in [-0.2, -0.15) is 0 Å². The molecule has 0 fully saturated rings. The summed E-state index contributed by atoms with van der Waals surface area (Å²) >= 11 is 0. The molecular weight excluding hydrogens is 653 g/mol. The predicted octanol–water partition coefficient (Wildman–Crippen LogP) is 10.4. The van der Waals surface area contributed by atoms with E-state index in [-0.39, 0.29) is 26.1 Å². The quantitative estimate of drug-likeness (QED) is 0.0204. The average molecular weight is 732 g/mol. The zero-order valence-corrected chi connectivity index (χ0v) is 34.0. The first-order valence-electron chi connectivity index (χ1n) is 20.4. The Hall–Kier alpha value is -1.25. The molecule has 0 heterocycles. The summed E-state index contributed by atoms with van der Waals surface area (Å²) in [6.45, 7) is 4.20. The first-order chi connectivity index (χ1) is 24.0. The highest BCUT2D eigenvalue weighted by Crippen LogP contribution is 2.38. The standard InChI is InChI=1S/C40H78NO8P/c1-6-8-10-12-14-16-18-19-20-21-23-24-26-28-30-32-39(42)46-36-38(37-48-50(44,45)47-35-34-41(3,4)5)49-40(43)33-31-29-27-25-22-17-15-13-11-9-7-2/h23-24,38H,6-22,25-37H2,1-5H3/b24-23+/t38-/m1/s1. The van der Waals surface area contributed by atoms with Gasteiger partial charge in [0.05, 0.1) is 27.7 Å². The van der Waals surface area contributed by atoms with Gasteiger partial charge in [-0.05, 0) is 38.5 Å². The molecule has 0 aliphatic rings. The average Bonchev–Trinajstić information content (AvgIpc) is 3.06. The van der Waals surface area contributed by atoms with E-state index in [4.69, 9.17) is 18.5 Å². The van der Waals surface area contributed by atoms with E-state index in [0.717, 1.165) is 38.5 Å². The van der Waals surface area contributed by atoms with Crippen LogP contribution in [0.15, 0.2) is 12.2 Å². The summed E-state index contributed by atoms with van der Waals surface area (Å²) in [5.41, 5.74) is 0. The van der Waals surface area contributed by atoms with Crippen molar-refractivity contribution < 1.29 is 42.1 Å². The van der Waals surface area contributed by atoms with E-state index in [1.165, 1.54) is 103 Å². The number of carbonyl (C=O) groups is 2. The molecule has 0 N–H and O–H groups in total. The van der Waals surface area contributed by atoms with Crippen LogP contribution in [0, 0.1) is 0 Å². The smallest absolute Gasteiger partial charge is 0.306 e. The maximum Gasteiger partial charge on any atom is 0.306 e. The van der Waals surface area contributed by atoms with E-state index < -0.39 is 32.5 Å². The molecule has 10 heteroatoms. The number of esters is 2. The minimum atomic E-state index is -4.62. The maximum absolute atomic E-state index is 12.6. The van der Waals surface area contributed by atoms with Gasteiger partial charge in [0.2, 0.25) is 0 Å². The maximum atomic E-state index is 12.6. The summed E-state index contributed by atoms with van der Waals surface area (Å²) in [6.07, 6.45) is 32.4. The number of hydrogen-bond acceptors (Lipinski definition) is 8. The summed E-state index contributed by atoms with van der Waals surface area (Å²) in [6, 6.07) is 0. The first-order valence-corrected chi connectivity index (χ1v) is 21.9. The predicted molar refractivity (Wildman–Crippen MR) is 204 cm³/mol. The number of rotatable bonds is 37. The van der Waals surface area contributed by atoms with Crippen molar-refractivity contribution in [1.82, 2.24) is 0 Å². The number of carbonyl (C=O) groups excluding carboxylic acids is 2. The monoisotopic (exact) mass is 732 g/mol. The lowest BCUT2D eigenvalue weighted by Crippen LogP contribution is -2.37. The van der Waals surface area contributed by atoms with Crippen LogP contribution in [0.1, 0.15) is 181 Å². The van der Waals surface area contributed by atoms with Crippen LogP contribution in [0.25, 0.3) is 0 Å². The molecule has 296 valence electrons. The molecular formula is C40H78NO8P. The summed E-state index contributed by atoms with van der Waals surface area (Å²) < 4.78 is 33.8. The van der Waals surface area contributed by atoms with E-state index in [0.29, 0.717) is 23.9 Å². The Labute approximate surface area is 307 Å². The van der Waals surface area contributed by atoms with Gasteiger partial charge in [-0.1, -0.05) is 142 Å². The van der Waals surface area contributed by atoms with E-state index in [2.05, 4.69) is 26.0 Å². The van der Waals surface area contributed by atoms with Crippen molar-refractivity contribution in [1.29, 1.82) is 0 Å². The molecule has 0 radical (unpaired) electrons. The lowest BCUT2D eigenvalue weighted by Gasteiger charge is -2.28. The van der Waals surface area contributed by atoms with Crippen LogP contribution in [0.5, 0.6) is 0 Å². The molecule has 2 atom stereocenters. The second-order valence-electron chi connectivity index (χ2n) is 15.0. The highest BCUT2D eigenvalue weighted by Gasteiger charge is 2.21. The van der Waals surface area contributed by atoms with E-state index in [1.54, 1.807) is 0 Å². The van der Waals surface area contributed by atoms with Gasteiger partial charge in [0.1, 0.15) is 19.8 Å². The molecule has 0 aromatic heterocycles. The molecule has 0 aliphatic carbocycles. The largest absolute Gasteiger partial charge is 0.756 e. The van der Waals surface area contributed by atoms with Crippen molar-refractivity contribution in [2.45, 2.75) is 187 Å². The minimum Gasteiger partial charge on any atom is -0.756 e. The fourth-order valence-corrected chi connectivity index (χ4v) is 6.26. The third-order valence-corrected chi connectivity index (χ3v) is 9.75. The van der Waals surface area contributed by atoms with E-state index in [9.17, 15) is 19.0 Å². The van der Waals surface area contributed by atoms with Crippen LogP contribution in [-0.4, -0.2) is 70.0 Å². The summed E-state index contributed by atoms with van der Waals surface area (Å²) in [5, 5.41) is 0. The van der Waals surface area contributed by atoms with E-state index in [1.807, 2.05) is 21.1 Å². The molecule has 9 nitrogen and oxygen atoms in total. The second-order valence-corrected chi connectivity index (χ2v) is 16.4. The normalized spacial score (nSPS) is 13.8. The Morgan fingerprint density at radius 1 is 0.600 bits per heavy atom. The van der Waals surface area contributed by atoms with Gasteiger partial charge in [0, 0.05) is 12.8 Å². The minimum absolute atomic E-state index is 0.0307. The molecule has 0 aromatic rings. The lowest BCUT2D eigenvalue weighted by atomic mass is 10.1. The number of likely N-dealkylation sites (N-methyl/N-ethyl adjacent to an activating group) is 1. The van der Waals surface area contributed by atoms with Gasteiger partial charge in [0.15, 0.2) is 6.10 Å². The fourth-order valence-electron chi connectivity index (χ4n) is 5.53. The van der Waals surface area contributed by atoms with Crippen molar-refractivity contribution >= 4 is 19.8 Å². The number of phosphoric ester groups is 1. The zero-order valence-electron chi connectivity index (χ0n) is 33.1. The third-order valence-electron chi connectivity index (χ3n) is 8.79. The Balaban J connectivity index is 4.40. The van der Waals surface area contributed by atoms with Gasteiger partial charge >= 0.3 is 11.9 Å². The highest BCUT2D eigenvalue weighted by molar-refractivity contribution is 7.45. The number of ether oxygens (including phenoxy) is 2. The van der Waals surface area contributed by atoms with Crippen LogP contribution in [0.3, 0.4) is 0 Å². The number of hydrogen-bond donors (Lipinski definition) is 0. The molecule has 0 rings (SSSR count). The van der Waals surface area contributed by atoms with Crippen molar-refractivity contribution in [3.8, 4) is 0 Å². The van der Waals surface area contributed by atoms with Gasteiger partial charge < -0.3 is 27.9 Å². The molecule has 0 bridgehead atoms. The molecule has 0 saturated carbocycles. The van der Waals surface area contributed by atoms with Crippen LogP contribution >= 0.6 is 7.82 Å². The zero-order chi connectivity index (χ0) is 37.2. The van der Waals surface area contributed by atoms with Gasteiger partial charge in [-0.3, -0.25) is 14.2 Å². The van der Waals surface area contributed by atoms with Crippen molar-refractivity contribution in [3.05, 3.63) is 12.2 Å². The van der Waals surface area contributed by atoms with Crippen molar-refractivity contribution in [3.63, 3.8) is 0 Å². The van der Waals surface area contributed by atoms with Gasteiger partial charge in [-0.25, -0.2) is 0 Å². The number of quaternary nitrogens is 1. The molecule has 1 unspecified atom stereocenters. The summed E-state index contributed by atoms with van der Waals surface area (Å²) in [4.78, 5) is 37.3. The molecule has 0 amide bonds. The first kappa shape index (κ1) is 48.8. The van der Waals surface area contributed by atoms with Crippen molar-refractivity contribution in [2.75, 3.05) is 47.5 Å². The van der Waals surface area contributed by atoms with Crippen LogP contribution in [0.4, 0.5) is 0 Å².